The maximum Gasteiger partial charge on any atom is 0.223 e. The Hall–Kier alpha value is -1.62. The van der Waals surface area contributed by atoms with Crippen LogP contribution in [0.4, 0.5) is 5.95 Å². The summed E-state index contributed by atoms with van der Waals surface area (Å²) in [5.41, 5.74) is 1.64. The van der Waals surface area contributed by atoms with Gasteiger partial charge in [-0.25, -0.2) is 9.97 Å². The summed E-state index contributed by atoms with van der Waals surface area (Å²) < 4.78 is 0. The van der Waals surface area contributed by atoms with Crippen molar-refractivity contribution in [3.8, 4) is 0 Å². The first kappa shape index (κ1) is 11.9. The fourth-order valence-corrected chi connectivity index (χ4v) is 1.53. The first-order valence-electron chi connectivity index (χ1n) is 5.56. The standard InChI is InChI=1S/C12H15BN4/c1-17(2)6-5-14-12-15-8-9-7-10(13)3-4-11(9)16-12/h3-4,7-8H,5-6H2,1-2H3,(H,14,15,16). The molecule has 4 nitrogen and oxygen atoms in total. The second kappa shape index (κ2) is 5.14. The van der Waals surface area contributed by atoms with Gasteiger partial charge in [-0.05, 0) is 20.2 Å². The fourth-order valence-electron chi connectivity index (χ4n) is 1.53. The minimum absolute atomic E-state index is 0.657. The summed E-state index contributed by atoms with van der Waals surface area (Å²) in [4.78, 5) is 10.8. The lowest BCUT2D eigenvalue weighted by Crippen LogP contribution is -2.21. The molecule has 17 heavy (non-hydrogen) atoms. The minimum atomic E-state index is 0.657. The number of hydrogen-bond acceptors (Lipinski definition) is 4. The molecule has 2 rings (SSSR count). The van der Waals surface area contributed by atoms with Crippen molar-refractivity contribution in [1.29, 1.82) is 0 Å². The first-order valence-corrected chi connectivity index (χ1v) is 5.56. The molecule has 0 saturated carbocycles. The summed E-state index contributed by atoms with van der Waals surface area (Å²) in [5.74, 6) is 0.657. The molecule has 2 aromatic rings. The third-order valence-electron chi connectivity index (χ3n) is 2.45. The maximum absolute atomic E-state index is 5.70. The van der Waals surface area contributed by atoms with Gasteiger partial charge in [0.05, 0.1) is 5.52 Å². The van der Waals surface area contributed by atoms with Crippen LogP contribution in [0.3, 0.4) is 0 Å². The molecule has 86 valence electrons. The maximum atomic E-state index is 5.70. The highest BCUT2D eigenvalue weighted by Crippen LogP contribution is 2.10. The quantitative estimate of drug-likeness (QED) is 0.766. The van der Waals surface area contributed by atoms with Crippen LogP contribution >= 0.6 is 0 Å². The molecule has 0 aliphatic heterocycles. The van der Waals surface area contributed by atoms with Crippen LogP contribution < -0.4 is 10.8 Å². The minimum Gasteiger partial charge on any atom is -0.353 e. The zero-order chi connectivity index (χ0) is 12.3. The molecule has 5 heteroatoms. The Morgan fingerprint density at radius 2 is 2.18 bits per heavy atom. The summed E-state index contributed by atoms with van der Waals surface area (Å²) in [6.45, 7) is 1.77. The number of fused-ring (bicyclic) bond motifs is 1. The molecule has 0 aliphatic carbocycles. The van der Waals surface area contributed by atoms with Gasteiger partial charge in [0.2, 0.25) is 5.95 Å². The molecule has 0 spiro atoms. The van der Waals surface area contributed by atoms with Crippen molar-refractivity contribution in [2.45, 2.75) is 0 Å². The Balaban J connectivity index is 2.12. The zero-order valence-corrected chi connectivity index (χ0v) is 10.1. The summed E-state index contributed by atoms with van der Waals surface area (Å²) in [5, 5.41) is 4.15. The van der Waals surface area contributed by atoms with Crippen LogP contribution in [-0.4, -0.2) is 49.9 Å². The van der Waals surface area contributed by atoms with Crippen LogP contribution in [0, 0.1) is 0 Å². The number of likely N-dealkylation sites (N-methyl/N-ethyl adjacent to an activating group) is 1. The van der Waals surface area contributed by atoms with Gasteiger partial charge >= 0.3 is 0 Å². The Morgan fingerprint density at radius 3 is 2.94 bits per heavy atom. The van der Waals surface area contributed by atoms with Gasteiger partial charge in [0.1, 0.15) is 7.85 Å². The molecule has 0 aliphatic rings. The molecule has 0 fully saturated rings. The molecule has 1 aromatic carbocycles. The molecule has 1 heterocycles. The number of aromatic nitrogens is 2. The number of anilines is 1. The van der Waals surface area contributed by atoms with E-state index in [9.17, 15) is 0 Å². The van der Waals surface area contributed by atoms with Crippen LogP contribution in [0.2, 0.25) is 0 Å². The Labute approximate surface area is 102 Å². The van der Waals surface area contributed by atoms with Crippen molar-refractivity contribution >= 4 is 30.2 Å². The zero-order valence-electron chi connectivity index (χ0n) is 10.1. The summed E-state index contributed by atoms with van der Waals surface area (Å²) >= 11 is 0. The Morgan fingerprint density at radius 1 is 1.35 bits per heavy atom. The monoisotopic (exact) mass is 226 g/mol. The van der Waals surface area contributed by atoms with E-state index in [1.54, 1.807) is 6.20 Å². The number of nitrogens with one attached hydrogen (secondary N) is 1. The van der Waals surface area contributed by atoms with Crippen LogP contribution in [0.15, 0.2) is 24.4 Å². The lowest BCUT2D eigenvalue weighted by molar-refractivity contribution is 0.425. The fraction of sp³-hybridized carbons (Fsp3) is 0.333. The Kier molecular flexibility index (Phi) is 3.59. The van der Waals surface area contributed by atoms with Gasteiger partial charge in [0.25, 0.3) is 0 Å². The molecule has 0 unspecified atom stereocenters. The van der Waals surface area contributed by atoms with Crippen molar-refractivity contribution in [2.75, 3.05) is 32.5 Å². The van der Waals surface area contributed by atoms with E-state index < -0.39 is 0 Å². The van der Waals surface area contributed by atoms with E-state index in [-0.39, 0.29) is 0 Å². The van der Waals surface area contributed by atoms with Crippen molar-refractivity contribution < 1.29 is 0 Å². The molecule has 0 bridgehead atoms. The lowest BCUT2D eigenvalue weighted by Gasteiger charge is -2.10. The van der Waals surface area contributed by atoms with Crippen LogP contribution in [-0.2, 0) is 0 Å². The second-order valence-electron chi connectivity index (χ2n) is 4.24. The van der Waals surface area contributed by atoms with Gasteiger partial charge in [-0.1, -0.05) is 17.6 Å². The van der Waals surface area contributed by atoms with E-state index in [0.717, 1.165) is 29.5 Å². The SMILES string of the molecule is [B]c1ccc2nc(NCCN(C)C)ncc2c1. The number of rotatable bonds is 4. The van der Waals surface area contributed by atoms with Crippen molar-refractivity contribution in [2.24, 2.45) is 0 Å². The summed E-state index contributed by atoms with van der Waals surface area (Å²) in [6.07, 6.45) is 1.79. The predicted octanol–water partition coefficient (Wildman–Crippen LogP) is 0.397. The van der Waals surface area contributed by atoms with E-state index in [1.807, 2.05) is 32.3 Å². The topological polar surface area (TPSA) is 41.1 Å². The molecule has 1 aromatic heterocycles. The van der Waals surface area contributed by atoms with Crippen molar-refractivity contribution in [1.82, 2.24) is 14.9 Å². The van der Waals surface area contributed by atoms with E-state index in [2.05, 4.69) is 20.2 Å². The second-order valence-corrected chi connectivity index (χ2v) is 4.24. The third-order valence-corrected chi connectivity index (χ3v) is 2.45. The van der Waals surface area contributed by atoms with Gasteiger partial charge in [-0.3, -0.25) is 0 Å². The molecule has 0 saturated heterocycles. The highest BCUT2D eigenvalue weighted by molar-refractivity contribution is 6.33. The van der Waals surface area contributed by atoms with Crippen molar-refractivity contribution in [3.63, 3.8) is 0 Å². The summed E-state index contributed by atoms with van der Waals surface area (Å²) in [7, 11) is 9.77. The van der Waals surface area contributed by atoms with E-state index in [1.165, 1.54) is 0 Å². The molecule has 0 amide bonds. The van der Waals surface area contributed by atoms with Gasteiger partial charge in [-0.2, -0.15) is 0 Å². The van der Waals surface area contributed by atoms with Gasteiger partial charge in [0.15, 0.2) is 0 Å². The normalized spacial score (nSPS) is 11.0. The van der Waals surface area contributed by atoms with Crippen LogP contribution in [0.5, 0.6) is 0 Å². The molecular formula is C12H15BN4. The highest BCUT2D eigenvalue weighted by atomic mass is 15.1. The lowest BCUT2D eigenvalue weighted by atomic mass is 9.95. The molecule has 0 atom stereocenters. The van der Waals surface area contributed by atoms with Gasteiger partial charge in [-0.15, -0.1) is 0 Å². The Bertz CT molecular complexity index is 513. The number of nitrogens with zero attached hydrogens (tertiary/aromatic N) is 3. The van der Waals surface area contributed by atoms with Gasteiger partial charge < -0.3 is 10.2 Å². The average Bonchev–Trinajstić information content (AvgIpc) is 2.29. The van der Waals surface area contributed by atoms with E-state index >= 15 is 0 Å². The smallest absolute Gasteiger partial charge is 0.223 e. The summed E-state index contributed by atoms with van der Waals surface area (Å²) in [6, 6.07) is 5.63. The molecule has 1 N–H and O–H groups in total. The first-order chi connectivity index (χ1) is 8.15. The van der Waals surface area contributed by atoms with Gasteiger partial charge in [0, 0.05) is 24.7 Å². The third kappa shape index (κ3) is 3.17. The largest absolute Gasteiger partial charge is 0.353 e. The van der Waals surface area contributed by atoms with E-state index in [4.69, 9.17) is 7.85 Å². The highest BCUT2D eigenvalue weighted by Gasteiger charge is 1.99. The molecular weight excluding hydrogens is 211 g/mol. The predicted molar refractivity (Wildman–Crippen MR) is 72.0 cm³/mol. The van der Waals surface area contributed by atoms with Crippen LogP contribution in [0.25, 0.3) is 10.9 Å². The number of hydrogen-bond donors (Lipinski definition) is 1. The average molecular weight is 226 g/mol. The van der Waals surface area contributed by atoms with E-state index in [0.29, 0.717) is 5.95 Å². The number of benzene rings is 1. The van der Waals surface area contributed by atoms with Crippen molar-refractivity contribution in [3.05, 3.63) is 24.4 Å². The molecule has 2 radical (unpaired) electrons. The van der Waals surface area contributed by atoms with Crippen LogP contribution in [0.1, 0.15) is 0 Å².